The van der Waals surface area contributed by atoms with E-state index in [2.05, 4.69) is 4.98 Å². The second kappa shape index (κ2) is 5.77. The number of hydrogen-bond donors (Lipinski definition) is 0. The van der Waals surface area contributed by atoms with Gasteiger partial charge in [0, 0.05) is 6.17 Å². The summed E-state index contributed by atoms with van der Waals surface area (Å²) in [7, 11) is -3.82. The fraction of sp³-hybridized carbons (Fsp3) is 0.0625. The van der Waals surface area contributed by atoms with Crippen molar-refractivity contribution in [3.05, 3.63) is 76.4 Å². The predicted octanol–water partition coefficient (Wildman–Crippen LogP) is 3.12. The lowest BCUT2D eigenvalue weighted by Gasteiger charge is -2.07. The Balaban J connectivity index is 2.21. The number of benzene rings is 2. The quantitative estimate of drug-likeness (QED) is 0.542. The topological polar surface area (TPSA) is 90.2 Å². The maximum Gasteiger partial charge on any atom is 0.284 e. The number of nitro groups is 1. The van der Waals surface area contributed by atoms with Crippen molar-refractivity contribution in [1.82, 2.24) is 4.98 Å². The standard InChI is InChI=1S/C16H12N2O4S/c19-18(20)16-12(10-17-15-9-5-4-8-14(15)16)11-23(21,22)13-6-2-1-3-7-13/h1-10H,11H2/i10D. The van der Waals surface area contributed by atoms with E-state index in [-0.39, 0.29) is 27.0 Å². The minimum Gasteiger partial charge on any atom is -0.258 e. The molecular weight excluding hydrogens is 316 g/mol. The SMILES string of the molecule is [2H]c1nc2ccccc2c([N+](=O)[O-])c1CS(=O)(=O)c1ccccc1. The van der Waals surface area contributed by atoms with Crippen LogP contribution >= 0.6 is 0 Å². The van der Waals surface area contributed by atoms with E-state index in [9.17, 15) is 18.5 Å². The van der Waals surface area contributed by atoms with Gasteiger partial charge in [-0.15, -0.1) is 0 Å². The van der Waals surface area contributed by atoms with E-state index in [1.54, 1.807) is 36.4 Å². The third kappa shape index (κ3) is 2.91. The van der Waals surface area contributed by atoms with Crippen LogP contribution in [0.25, 0.3) is 10.9 Å². The average molecular weight is 329 g/mol. The lowest BCUT2D eigenvalue weighted by molar-refractivity contribution is -0.383. The molecule has 0 aliphatic carbocycles. The molecule has 116 valence electrons. The molecule has 1 aromatic heterocycles. The fourth-order valence-corrected chi connectivity index (χ4v) is 3.64. The number of aromatic nitrogens is 1. The summed E-state index contributed by atoms with van der Waals surface area (Å²) >= 11 is 0. The van der Waals surface area contributed by atoms with E-state index in [1.165, 1.54) is 18.2 Å². The first-order valence-electron chi connectivity index (χ1n) is 7.20. The number of hydrogen-bond acceptors (Lipinski definition) is 5. The van der Waals surface area contributed by atoms with E-state index in [1.807, 2.05) is 0 Å². The summed E-state index contributed by atoms with van der Waals surface area (Å²) < 4.78 is 33.0. The zero-order chi connectivity index (χ0) is 17.3. The second-order valence-corrected chi connectivity index (χ2v) is 6.89. The van der Waals surface area contributed by atoms with Gasteiger partial charge in [0.1, 0.15) is 0 Å². The van der Waals surface area contributed by atoms with Gasteiger partial charge in [0.05, 0.1) is 33.4 Å². The normalized spacial score (nSPS) is 12.1. The summed E-state index contributed by atoms with van der Waals surface area (Å²) in [6.45, 7) is 0. The minimum absolute atomic E-state index is 0.0480. The Labute approximate surface area is 133 Å². The van der Waals surface area contributed by atoms with Crippen LogP contribution in [-0.4, -0.2) is 18.3 Å². The second-order valence-electron chi connectivity index (χ2n) is 4.90. The van der Waals surface area contributed by atoms with E-state index >= 15 is 0 Å². The molecule has 0 aliphatic heterocycles. The van der Waals surface area contributed by atoms with Crippen LogP contribution in [0.3, 0.4) is 0 Å². The van der Waals surface area contributed by atoms with Crippen molar-refractivity contribution in [2.75, 3.05) is 0 Å². The zero-order valence-electron chi connectivity index (χ0n) is 12.8. The van der Waals surface area contributed by atoms with Crippen LogP contribution < -0.4 is 0 Å². The molecule has 7 heteroatoms. The minimum atomic E-state index is -3.82. The zero-order valence-corrected chi connectivity index (χ0v) is 12.7. The fourth-order valence-electron chi connectivity index (χ4n) is 2.32. The molecule has 0 unspecified atom stereocenters. The number of sulfone groups is 1. The molecule has 1 heterocycles. The maximum absolute atomic E-state index is 12.5. The molecule has 0 atom stereocenters. The predicted molar refractivity (Wildman–Crippen MR) is 85.7 cm³/mol. The van der Waals surface area contributed by atoms with Gasteiger partial charge in [-0.05, 0) is 24.3 Å². The molecule has 0 saturated carbocycles. The van der Waals surface area contributed by atoms with Gasteiger partial charge in [-0.1, -0.05) is 30.3 Å². The number of pyridine rings is 1. The molecule has 2 aromatic carbocycles. The lowest BCUT2D eigenvalue weighted by Crippen LogP contribution is -2.08. The summed E-state index contributed by atoms with van der Waals surface area (Å²) in [6, 6.07) is 14.0. The third-order valence-electron chi connectivity index (χ3n) is 3.38. The van der Waals surface area contributed by atoms with Crippen molar-refractivity contribution in [3.63, 3.8) is 0 Å². The van der Waals surface area contributed by atoms with Gasteiger partial charge < -0.3 is 0 Å². The smallest absolute Gasteiger partial charge is 0.258 e. The first-order chi connectivity index (χ1) is 11.4. The molecule has 23 heavy (non-hydrogen) atoms. The van der Waals surface area contributed by atoms with Crippen molar-refractivity contribution >= 4 is 26.4 Å². The summed E-state index contributed by atoms with van der Waals surface area (Å²) in [5.41, 5.74) is -0.303. The molecule has 0 aliphatic rings. The first-order valence-corrected chi connectivity index (χ1v) is 8.36. The van der Waals surface area contributed by atoms with Crippen molar-refractivity contribution in [2.45, 2.75) is 10.6 Å². The van der Waals surface area contributed by atoms with Crippen LogP contribution in [0, 0.1) is 10.1 Å². The van der Waals surface area contributed by atoms with Crippen LogP contribution in [0.15, 0.2) is 65.7 Å². The monoisotopic (exact) mass is 329 g/mol. The molecule has 0 N–H and O–H groups in total. The number of rotatable bonds is 4. The molecular formula is C16H12N2O4S. The van der Waals surface area contributed by atoms with Crippen molar-refractivity contribution in [1.29, 1.82) is 0 Å². The average Bonchev–Trinajstić information content (AvgIpc) is 2.56. The molecule has 0 radical (unpaired) electrons. The lowest BCUT2D eigenvalue weighted by atomic mass is 10.1. The Morgan fingerprint density at radius 2 is 1.74 bits per heavy atom. The van der Waals surface area contributed by atoms with Gasteiger partial charge in [0.2, 0.25) is 0 Å². The molecule has 0 amide bonds. The van der Waals surface area contributed by atoms with Gasteiger partial charge in [0.15, 0.2) is 9.84 Å². The van der Waals surface area contributed by atoms with Gasteiger partial charge in [-0.25, -0.2) is 8.42 Å². The Bertz CT molecular complexity index is 1040. The molecule has 0 spiro atoms. The van der Waals surface area contributed by atoms with Crippen LogP contribution in [0.2, 0.25) is 0 Å². The summed E-state index contributed by atoms with van der Waals surface area (Å²) in [4.78, 5) is 14.9. The van der Waals surface area contributed by atoms with E-state index in [0.717, 1.165) is 0 Å². The molecule has 0 saturated heterocycles. The maximum atomic E-state index is 12.5. The van der Waals surface area contributed by atoms with Gasteiger partial charge >= 0.3 is 0 Å². The van der Waals surface area contributed by atoms with Gasteiger partial charge in [0.25, 0.3) is 5.69 Å². The summed E-state index contributed by atoms with van der Waals surface area (Å²) in [5, 5.41) is 11.7. The molecule has 6 nitrogen and oxygen atoms in total. The Morgan fingerprint density at radius 1 is 1.09 bits per heavy atom. The Hall–Kier alpha value is -2.80. The highest BCUT2D eigenvalue weighted by molar-refractivity contribution is 7.90. The highest BCUT2D eigenvalue weighted by Gasteiger charge is 2.24. The van der Waals surface area contributed by atoms with Crippen LogP contribution in [0.1, 0.15) is 6.93 Å². The van der Waals surface area contributed by atoms with E-state index in [0.29, 0.717) is 0 Å². The first kappa shape index (κ1) is 13.8. The third-order valence-corrected chi connectivity index (χ3v) is 5.03. The van der Waals surface area contributed by atoms with Crippen LogP contribution in [0.4, 0.5) is 5.69 Å². The van der Waals surface area contributed by atoms with Crippen molar-refractivity contribution in [3.8, 4) is 0 Å². The number of nitrogens with zero attached hydrogens (tertiary/aromatic N) is 2. The molecule has 0 bridgehead atoms. The molecule has 3 aromatic rings. The van der Waals surface area contributed by atoms with E-state index in [4.69, 9.17) is 1.37 Å². The van der Waals surface area contributed by atoms with Crippen molar-refractivity contribution in [2.24, 2.45) is 0 Å². The highest BCUT2D eigenvalue weighted by Crippen LogP contribution is 2.30. The molecule has 0 fully saturated rings. The van der Waals surface area contributed by atoms with Crippen molar-refractivity contribution < 1.29 is 14.7 Å². The number of para-hydroxylation sites is 1. The Kier molecular flexibility index (Phi) is 3.47. The Morgan fingerprint density at radius 3 is 2.43 bits per heavy atom. The summed E-state index contributed by atoms with van der Waals surface area (Å²) in [6.07, 6.45) is -0.403. The van der Waals surface area contributed by atoms with Gasteiger partial charge in [-0.3, -0.25) is 15.1 Å². The number of fused-ring (bicyclic) bond motifs is 1. The van der Waals surface area contributed by atoms with Crippen LogP contribution in [0.5, 0.6) is 0 Å². The molecule has 3 rings (SSSR count). The summed E-state index contributed by atoms with van der Waals surface area (Å²) in [5.74, 6) is -0.649. The van der Waals surface area contributed by atoms with E-state index < -0.39 is 26.7 Å². The highest BCUT2D eigenvalue weighted by atomic mass is 32.2. The largest absolute Gasteiger partial charge is 0.284 e. The van der Waals surface area contributed by atoms with Crippen LogP contribution in [-0.2, 0) is 15.6 Å². The van der Waals surface area contributed by atoms with Gasteiger partial charge in [-0.2, -0.15) is 0 Å².